The smallest absolute Gasteiger partial charge is 0.300 e. The van der Waals surface area contributed by atoms with Gasteiger partial charge in [-0.1, -0.05) is 6.07 Å². The fourth-order valence-corrected chi connectivity index (χ4v) is 2.89. The van der Waals surface area contributed by atoms with Crippen LogP contribution in [-0.2, 0) is 20.2 Å². The Kier molecular flexibility index (Phi) is 5.62. The molecule has 0 bridgehead atoms. The van der Waals surface area contributed by atoms with E-state index in [1.165, 1.54) is 18.2 Å². The minimum absolute atomic E-state index is 0.183. The normalized spacial score (nSPS) is 11.4. The van der Waals surface area contributed by atoms with Crippen molar-refractivity contribution in [3.8, 4) is 5.75 Å². The lowest BCUT2D eigenvalue weighted by atomic mass is 10.3. The standard InChI is InChI=1S/C6H8N2O3S.C6H7NO4S/c7-4-1-5(8)3-6(2-4)12(9,10)11;7-4-2-1-3-5(8)6(4)12(9,10)11/h1-3H,7-8H2,(H,9,10,11);1-3,8H,7H2,(H,9,10,11). The van der Waals surface area contributed by atoms with Crippen LogP contribution in [0.25, 0.3) is 0 Å². The first-order valence-corrected chi connectivity index (χ1v) is 8.89. The molecule has 0 atom stereocenters. The molecule has 24 heavy (non-hydrogen) atoms. The largest absolute Gasteiger partial charge is 0.506 e. The summed E-state index contributed by atoms with van der Waals surface area (Å²) in [5.74, 6) is -0.558. The van der Waals surface area contributed by atoms with E-state index < -0.39 is 30.9 Å². The molecule has 0 amide bonds. The molecule has 0 fully saturated rings. The van der Waals surface area contributed by atoms with Gasteiger partial charge in [-0.05, 0) is 30.3 Å². The highest BCUT2D eigenvalue weighted by atomic mass is 32.2. The molecule has 0 radical (unpaired) electrons. The molecule has 0 aliphatic heterocycles. The van der Waals surface area contributed by atoms with E-state index in [9.17, 15) is 16.8 Å². The molecule has 2 aromatic carbocycles. The average Bonchev–Trinajstić information content (AvgIpc) is 2.35. The second-order valence-electron chi connectivity index (χ2n) is 4.48. The van der Waals surface area contributed by atoms with E-state index >= 15 is 0 Å². The number of phenolic OH excluding ortho intramolecular Hbond substituents is 1. The molecule has 2 rings (SSSR count). The third-order valence-corrected chi connectivity index (χ3v) is 4.32. The van der Waals surface area contributed by atoms with Crippen LogP contribution in [0.1, 0.15) is 0 Å². The monoisotopic (exact) mass is 377 g/mol. The number of anilines is 3. The van der Waals surface area contributed by atoms with Gasteiger partial charge in [0, 0.05) is 11.4 Å². The summed E-state index contributed by atoms with van der Waals surface area (Å²) in [4.78, 5) is -0.940. The summed E-state index contributed by atoms with van der Waals surface area (Å²) in [5, 5.41) is 9.01. The first-order valence-electron chi connectivity index (χ1n) is 6.01. The summed E-state index contributed by atoms with van der Waals surface area (Å²) in [6.45, 7) is 0. The van der Waals surface area contributed by atoms with Crippen LogP contribution < -0.4 is 17.2 Å². The van der Waals surface area contributed by atoms with Crippen LogP contribution >= 0.6 is 0 Å². The molecule has 0 aliphatic rings. The molecule has 0 heterocycles. The first-order chi connectivity index (χ1) is 10.8. The second-order valence-corrected chi connectivity index (χ2v) is 7.26. The Balaban J connectivity index is 0.000000240. The van der Waals surface area contributed by atoms with Crippen LogP contribution in [0, 0.1) is 0 Å². The number of aromatic hydroxyl groups is 1. The van der Waals surface area contributed by atoms with Crippen LogP contribution in [0.3, 0.4) is 0 Å². The Hall–Kier alpha value is -2.54. The third kappa shape index (κ3) is 5.27. The van der Waals surface area contributed by atoms with Crippen LogP contribution in [0.5, 0.6) is 5.75 Å². The van der Waals surface area contributed by atoms with E-state index in [0.717, 1.165) is 18.2 Å². The Morgan fingerprint density at radius 1 is 0.792 bits per heavy atom. The Morgan fingerprint density at radius 3 is 1.62 bits per heavy atom. The lowest BCUT2D eigenvalue weighted by Gasteiger charge is -2.02. The zero-order chi connectivity index (χ0) is 18.7. The lowest BCUT2D eigenvalue weighted by Crippen LogP contribution is -2.02. The van der Waals surface area contributed by atoms with E-state index in [1.807, 2.05) is 0 Å². The molecule has 12 heteroatoms. The van der Waals surface area contributed by atoms with Crippen molar-refractivity contribution in [2.24, 2.45) is 0 Å². The fourth-order valence-electron chi connectivity index (χ4n) is 1.62. The molecule has 0 spiro atoms. The maximum absolute atomic E-state index is 10.6. The van der Waals surface area contributed by atoms with Gasteiger partial charge in [0.05, 0.1) is 10.6 Å². The van der Waals surface area contributed by atoms with Gasteiger partial charge >= 0.3 is 0 Å². The number of benzene rings is 2. The highest BCUT2D eigenvalue weighted by Gasteiger charge is 2.18. The van der Waals surface area contributed by atoms with Crippen LogP contribution in [0.2, 0.25) is 0 Å². The Morgan fingerprint density at radius 2 is 1.29 bits per heavy atom. The summed E-state index contributed by atoms with van der Waals surface area (Å²) in [5.41, 5.74) is 16.0. The van der Waals surface area contributed by atoms with Gasteiger partial charge in [-0.15, -0.1) is 0 Å². The first kappa shape index (κ1) is 19.5. The second kappa shape index (κ2) is 6.92. The molecule has 9 N–H and O–H groups in total. The van der Waals surface area contributed by atoms with Crippen LogP contribution in [0.4, 0.5) is 17.1 Å². The summed E-state index contributed by atoms with van der Waals surface area (Å²) in [7, 11) is -8.65. The predicted octanol–water partition coefficient (Wildman–Crippen LogP) is 0.319. The molecule has 0 saturated heterocycles. The van der Waals surface area contributed by atoms with E-state index in [1.54, 1.807) is 0 Å². The average molecular weight is 377 g/mol. The Bertz CT molecular complexity index is 916. The van der Waals surface area contributed by atoms with Crippen molar-refractivity contribution in [3.05, 3.63) is 36.4 Å². The highest BCUT2D eigenvalue weighted by Crippen LogP contribution is 2.27. The SMILES string of the molecule is Nc1cc(N)cc(S(=O)(=O)O)c1.Nc1cccc(O)c1S(=O)(=O)O. The zero-order valence-electron chi connectivity index (χ0n) is 12.0. The van der Waals surface area contributed by atoms with Gasteiger partial charge in [0.2, 0.25) is 0 Å². The van der Waals surface area contributed by atoms with Crippen molar-refractivity contribution in [1.82, 2.24) is 0 Å². The molecule has 0 unspecified atom stereocenters. The molecular weight excluding hydrogens is 362 g/mol. The number of nitrogens with two attached hydrogens (primary N) is 3. The van der Waals surface area contributed by atoms with E-state index in [0.29, 0.717) is 0 Å². The van der Waals surface area contributed by atoms with Crippen molar-refractivity contribution in [1.29, 1.82) is 0 Å². The summed E-state index contributed by atoms with van der Waals surface area (Å²) < 4.78 is 59.5. The van der Waals surface area contributed by atoms with E-state index in [4.69, 9.17) is 31.4 Å². The van der Waals surface area contributed by atoms with Gasteiger partial charge in [-0.25, -0.2) is 0 Å². The van der Waals surface area contributed by atoms with Crippen molar-refractivity contribution in [2.45, 2.75) is 9.79 Å². The molecule has 0 aliphatic carbocycles. The molecule has 2 aromatic rings. The van der Waals surface area contributed by atoms with Crippen molar-refractivity contribution < 1.29 is 31.0 Å². The van der Waals surface area contributed by atoms with Gasteiger partial charge in [0.25, 0.3) is 20.2 Å². The Labute approximate surface area is 138 Å². The van der Waals surface area contributed by atoms with Gasteiger partial charge in [0.1, 0.15) is 5.75 Å². The van der Waals surface area contributed by atoms with Gasteiger partial charge in [-0.2, -0.15) is 16.8 Å². The van der Waals surface area contributed by atoms with E-state index in [-0.39, 0.29) is 22.0 Å². The number of nitrogen functional groups attached to an aromatic ring is 3. The van der Waals surface area contributed by atoms with Gasteiger partial charge in [-0.3, -0.25) is 9.11 Å². The quantitative estimate of drug-likeness (QED) is 0.312. The predicted molar refractivity (Wildman–Crippen MR) is 87.4 cm³/mol. The summed E-state index contributed by atoms with van der Waals surface area (Å²) in [6, 6.07) is 7.42. The number of phenols is 1. The summed E-state index contributed by atoms with van der Waals surface area (Å²) in [6.07, 6.45) is 0. The summed E-state index contributed by atoms with van der Waals surface area (Å²) >= 11 is 0. The fraction of sp³-hybridized carbons (Fsp3) is 0. The van der Waals surface area contributed by atoms with Crippen molar-refractivity contribution in [2.75, 3.05) is 17.2 Å². The maximum atomic E-state index is 10.6. The van der Waals surface area contributed by atoms with E-state index in [2.05, 4.69) is 0 Å². The highest BCUT2D eigenvalue weighted by molar-refractivity contribution is 7.86. The van der Waals surface area contributed by atoms with Crippen LogP contribution in [-0.4, -0.2) is 31.0 Å². The minimum Gasteiger partial charge on any atom is -0.506 e. The third-order valence-electron chi connectivity index (χ3n) is 2.53. The molecule has 0 saturated carbocycles. The zero-order valence-corrected chi connectivity index (χ0v) is 13.6. The number of hydrogen-bond acceptors (Lipinski definition) is 8. The van der Waals surface area contributed by atoms with Gasteiger partial charge in [0.15, 0.2) is 4.90 Å². The number of hydrogen-bond donors (Lipinski definition) is 6. The molecule has 10 nitrogen and oxygen atoms in total. The topological polar surface area (TPSA) is 207 Å². The van der Waals surface area contributed by atoms with Crippen molar-refractivity contribution in [3.63, 3.8) is 0 Å². The van der Waals surface area contributed by atoms with Crippen LogP contribution in [0.15, 0.2) is 46.2 Å². The molecule has 132 valence electrons. The maximum Gasteiger partial charge on any atom is 0.300 e. The molecular formula is C12H15N3O7S2. The van der Waals surface area contributed by atoms with Crippen molar-refractivity contribution >= 4 is 37.3 Å². The minimum atomic E-state index is -4.44. The lowest BCUT2D eigenvalue weighted by molar-refractivity contribution is 0.444. The molecule has 0 aromatic heterocycles. The number of rotatable bonds is 2. The van der Waals surface area contributed by atoms with Gasteiger partial charge < -0.3 is 22.3 Å².